The van der Waals surface area contributed by atoms with E-state index in [1.165, 1.54) is 133 Å². The molecule has 0 bridgehead atoms. The van der Waals surface area contributed by atoms with E-state index in [2.05, 4.69) is 451 Å². The normalized spacial score (nSPS) is 13.4. The minimum absolute atomic E-state index is 0.0869. The molecule has 4 heterocycles. The molecule has 1 N–H and O–H groups in total. The van der Waals surface area contributed by atoms with Gasteiger partial charge in [-0.25, -0.2) is 0 Å². The van der Waals surface area contributed by atoms with Crippen molar-refractivity contribution in [2.45, 2.75) is 24.7 Å². The summed E-state index contributed by atoms with van der Waals surface area (Å²) in [5.41, 5.74) is 34.9. The highest BCUT2D eigenvalue weighted by Gasteiger charge is 2.46. The van der Waals surface area contributed by atoms with Gasteiger partial charge >= 0.3 is 0 Å². The maximum Gasteiger partial charge on any atom is 0.137 e. The highest BCUT2D eigenvalue weighted by molar-refractivity contribution is 6.12. The van der Waals surface area contributed by atoms with Gasteiger partial charge in [0.25, 0.3) is 0 Å². The average Bonchev–Trinajstić information content (AvgIpc) is 1.54. The molecule has 554 valence electrons. The third kappa shape index (κ3) is 11.4. The molecule has 0 amide bonds. The number of aromatic nitrogens is 2. The second-order valence-electron chi connectivity index (χ2n) is 31.5. The number of para-hydroxylation sites is 5. The largest absolute Gasteiger partial charge is 0.456 e. The van der Waals surface area contributed by atoms with Crippen molar-refractivity contribution >= 4 is 105 Å². The molecule has 1 aliphatic heterocycles. The molecular weight excluding hydrogens is 1420 g/mol. The monoisotopic (exact) mass is 1500 g/mol. The van der Waals surface area contributed by atoms with Gasteiger partial charge in [0.1, 0.15) is 11.2 Å². The Morgan fingerprint density at radius 1 is 0.282 bits per heavy atom. The highest BCUT2D eigenvalue weighted by Crippen LogP contribution is 2.58. The Bertz CT molecular complexity index is 7270. The third-order valence-corrected chi connectivity index (χ3v) is 24.7. The zero-order valence-electron chi connectivity index (χ0n) is 64.8. The number of rotatable bonds is 13. The number of furan rings is 1. The summed E-state index contributed by atoms with van der Waals surface area (Å²) in [6, 6.07) is 148. The van der Waals surface area contributed by atoms with Crippen LogP contribution in [0.2, 0.25) is 0 Å². The van der Waals surface area contributed by atoms with Crippen LogP contribution in [0.25, 0.3) is 127 Å². The number of allylic oxidation sites excluding steroid dienone is 2. The van der Waals surface area contributed by atoms with Gasteiger partial charge < -0.3 is 28.7 Å². The summed E-state index contributed by atoms with van der Waals surface area (Å²) in [7, 11) is 0. The summed E-state index contributed by atoms with van der Waals surface area (Å²) in [4.78, 5) is 4.78. The Balaban J connectivity index is 0.000000144. The molecule has 6 heteroatoms. The van der Waals surface area contributed by atoms with Crippen LogP contribution in [0.1, 0.15) is 52.8 Å². The third-order valence-electron chi connectivity index (χ3n) is 24.7. The average molecular weight is 1500 g/mol. The van der Waals surface area contributed by atoms with E-state index in [1.54, 1.807) is 0 Å². The van der Waals surface area contributed by atoms with E-state index in [4.69, 9.17) is 4.42 Å². The van der Waals surface area contributed by atoms with E-state index >= 15 is 0 Å². The Morgan fingerprint density at radius 3 is 1.22 bits per heavy atom. The molecule has 0 saturated heterocycles. The van der Waals surface area contributed by atoms with E-state index < -0.39 is 5.41 Å². The zero-order chi connectivity index (χ0) is 77.7. The second-order valence-corrected chi connectivity index (χ2v) is 31.5. The lowest BCUT2D eigenvalue weighted by Gasteiger charge is -2.35. The molecule has 6 nitrogen and oxygen atoms in total. The van der Waals surface area contributed by atoms with Crippen molar-refractivity contribution in [1.82, 2.24) is 14.5 Å². The number of fused-ring (bicyclic) bond motifs is 15. The molecule has 3 aromatic heterocycles. The minimum Gasteiger partial charge on any atom is -0.456 e. The topological polar surface area (TPSA) is 41.5 Å². The van der Waals surface area contributed by atoms with Crippen molar-refractivity contribution in [2.24, 2.45) is 0 Å². The predicted octanol–water partition coefficient (Wildman–Crippen LogP) is 28.9. The Labute approximate surface area is 680 Å². The van der Waals surface area contributed by atoms with Crippen molar-refractivity contribution < 1.29 is 4.42 Å². The number of nitrogens with zero attached hydrogens (tertiary/aromatic N) is 4. The van der Waals surface area contributed by atoms with Crippen LogP contribution in [0.4, 0.5) is 34.1 Å². The molecule has 2 aliphatic carbocycles. The van der Waals surface area contributed by atoms with Gasteiger partial charge in [-0.15, -0.1) is 0 Å². The van der Waals surface area contributed by atoms with Gasteiger partial charge in [0.05, 0.1) is 27.5 Å². The highest BCUT2D eigenvalue weighted by atomic mass is 16.3. The van der Waals surface area contributed by atoms with Crippen LogP contribution in [0, 0.1) is 0 Å². The number of dihydropyridines is 1. The number of anilines is 6. The first-order valence-corrected chi connectivity index (χ1v) is 40.5. The van der Waals surface area contributed by atoms with E-state index in [0.717, 1.165) is 73.9 Å². The molecule has 3 aliphatic rings. The smallest absolute Gasteiger partial charge is 0.137 e. The molecule has 0 saturated carbocycles. The maximum absolute atomic E-state index is 6.52. The maximum atomic E-state index is 6.52. The first-order chi connectivity index (χ1) is 57.8. The van der Waals surface area contributed by atoms with Crippen molar-refractivity contribution in [3.63, 3.8) is 0 Å². The minimum atomic E-state index is -0.523. The number of hydrogen-bond acceptors (Lipinski definition) is 4. The molecule has 0 fully saturated rings. The standard InChI is InChI=1S/C61H40N2O.C50H39N3/c1-4-16-43(17-5-1)61(44-18-6-2-7-19-44)55-25-13-10-22-49(55)50-35-33-47(39-56(50)61)62(48-34-36-53-52-24-12-15-27-59(52)64-60(53)40-48)46-31-28-41(29-32-46)42-30-37-58-54(38-42)51-23-11-14-26-57(51)63(58)45-20-8-3-9-21-45;1-50(2)46-16-8-6-14-42(46)43-28-27-41(32-47(43)50)52(40-25-20-35(21-26-40)37-11-10-30-51-33-37)39-23-18-34(19-24-39)36-22-29-49-45(31-36)44-15-7-9-17-48(44)53(49)38-12-4-3-5-13-38/h1-40H;3-29,31-33,51H,30H2,1-2H3. The van der Waals surface area contributed by atoms with Crippen LogP contribution in [-0.2, 0) is 10.8 Å². The lowest BCUT2D eigenvalue weighted by atomic mass is 9.67. The van der Waals surface area contributed by atoms with E-state index in [0.29, 0.717) is 0 Å². The lowest BCUT2D eigenvalue weighted by Crippen LogP contribution is -2.28. The van der Waals surface area contributed by atoms with Gasteiger partial charge in [-0.05, 0) is 229 Å². The van der Waals surface area contributed by atoms with Gasteiger partial charge in [0.15, 0.2) is 0 Å². The van der Waals surface area contributed by atoms with Crippen LogP contribution in [0.5, 0.6) is 0 Å². The van der Waals surface area contributed by atoms with E-state index in [9.17, 15) is 0 Å². The van der Waals surface area contributed by atoms with Gasteiger partial charge in [0.2, 0.25) is 0 Å². The molecule has 0 spiro atoms. The second kappa shape index (κ2) is 28.0. The Hall–Kier alpha value is -15.0. The summed E-state index contributed by atoms with van der Waals surface area (Å²) >= 11 is 0. The van der Waals surface area contributed by atoms with Crippen molar-refractivity contribution in [2.75, 3.05) is 16.3 Å². The van der Waals surface area contributed by atoms with E-state index in [-0.39, 0.29) is 5.41 Å². The molecule has 117 heavy (non-hydrogen) atoms. The number of hydrogen-bond donors (Lipinski definition) is 1. The van der Waals surface area contributed by atoms with Gasteiger partial charge in [0, 0.05) is 102 Å². The molecule has 0 unspecified atom stereocenters. The summed E-state index contributed by atoms with van der Waals surface area (Å²) < 4.78 is 11.3. The van der Waals surface area contributed by atoms with Crippen molar-refractivity contribution in [3.8, 4) is 55.9 Å². The molecule has 0 radical (unpaired) electrons. The van der Waals surface area contributed by atoms with Gasteiger partial charge in [-0.2, -0.15) is 0 Å². The fourth-order valence-electron chi connectivity index (χ4n) is 19.2. The molecule has 17 aromatic carbocycles. The molecular formula is C111H79N5O. The zero-order valence-corrected chi connectivity index (χ0v) is 64.8. The SMILES string of the molecule is CC1(C)c2ccccc2-c2ccc(N(c3ccc(C4=CNCC=C4)cc3)c3ccc(-c4ccc5c(c4)c4ccccc4n5-c4ccccc4)cc3)cc21.c1ccc(-n2c3ccccc3c3cc(-c4ccc(N(c5ccc6c(c5)C(c5ccccc5)(c5ccccc5)c5ccccc5-6)c5ccc6c(c5)oc5ccccc56)cc4)ccc32)cc1. The fourth-order valence-corrected chi connectivity index (χ4v) is 19.2. The summed E-state index contributed by atoms with van der Waals surface area (Å²) in [5, 5.41) is 10.6. The predicted molar refractivity (Wildman–Crippen MR) is 489 cm³/mol. The van der Waals surface area contributed by atoms with Crippen LogP contribution < -0.4 is 15.1 Å². The first-order valence-electron chi connectivity index (χ1n) is 40.5. The fraction of sp³-hybridized carbons (Fsp3) is 0.0450. The van der Waals surface area contributed by atoms with Gasteiger partial charge in [-0.3, -0.25) is 0 Å². The molecule has 23 rings (SSSR count). The molecule has 0 atom stereocenters. The number of benzene rings is 17. The van der Waals surface area contributed by atoms with E-state index in [1.807, 2.05) is 12.1 Å². The van der Waals surface area contributed by atoms with Crippen LogP contribution >= 0.6 is 0 Å². The quantitative estimate of drug-likeness (QED) is 0.125. The Morgan fingerprint density at radius 2 is 0.675 bits per heavy atom. The summed E-state index contributed by atoms with van der Waals surface area (Å²) in [5.74, 6) is 0. The van der Waals surface area contributed by atoms with Crippen molar-refractivity contribution in [1.29, 1.82) is 0 Å². The summed E-state index contributed by atoms with van der Waals surface area (Å²) in [6.07, 6.45) is 6.46. The van der Waals surface area contributed by atoms with Crippen LogP contribution in [0.15, 0.2) is 429 Å². The first kappa shape index (κ1) is 68.8. The Kier molecular flexibility index (Phi) is 16.5. The molecule has 20 aromatic rings. The number of nitrogens with one attached hydrogen (secondary N) is 1. The summed E-state index contributed by atoms with van der Waals surface area (Å²) in [6.45, 7) is 5.57. The van der Waals surface area contributed by atoms with Crippen LogP contribution in [0.3, 0.4) is 0 Å². The van der Waals surface area contributed by atoms with Crippen LogP contribution in [-0.4, -0.2) is 15.7 Å². The van der Waals surface area contributed by atoms with Gasteiger partial charge in [-0.1, -0.05) is 287 Å². The lowest BCUT2D eigenvalue weighted by molar-refractivity contribution is 0.660. The van der Waals surface area contributed by atoms with Crippen molar-refractivity contribution in [3.05, 3.63) is 464 Å².